The molecule has 1 unspecified atom stereocenters. The lowest BCUT2D eigenvalue weighted by Crippen LogP contribution is -2.41. The highest BCUT2D eigenvalue weighted by Gasteiger charge is 2.30. The molecule has 1 aromatic carbocycles. The van der Waals surface area contributed by atoms with Crippen LogP contribution in [0.15, 0.2) is 46.4 Å². The molecule has 4 rings (SSSR count). The van der Waals surface area contributed by atoms with Gasteiger partial charge in [-0.05, 0) is 73.9 Å². The molecule has 3 heterocycles. The molecule has 1 fully saturated rings. The number of likely N-dealkylation sites (tertiary alicyclic amines) is 1. The normalized spacial score (nSPS) is 19.6. The Bertz CT molecular complexity index is 1100. The SMILES string of the molecule is COc1ccc2nccc(C(O)CC[C@@H]3CCN(CCSc4nccs4)C[C@@H]3CCC(=O)O)c2c1. The van der Waals surface area contributed by atoms with Gasteiger partial charge < -0.3 is 19.8 Å². The van der Waals surface area contributed by atoms with E-state index in [9.17, 15) is 15.0 Å². The van der Waals surface area contributed by atoms with Gasteiger partial charge in [0.15, 0.2) is 0 Å². The number of carboxylic acid groups (broad SMARTS) is 1. The third-order valence-corrected chi connectivity index (χ3v) is 8.85. The van der Waals surface area contributed by atoms with Crippen molar-refractivity contribution in [3.05, 3.63) is 47.6 Å². The van der Waals surface area contributed by atoms with Crippen LogP contribution in [-0.4, -0.2) is 63.5 Å². The average Bonchev–Trinajstić information content (AvgIpc) is 3.39. The van der Waals surface area contributed by atoms with E-state index < -0.39 is 12.1 Å². The van der Waals surface area contributed by atoms with E-state index in [1.54, 1.807) is 36.4 Å². The van der Waals surface area contributed by atoms with E-state index in [-0.39, 0.29) is 6.42 Å². The van der Waals surface area contributed by atoms with Crippen LogP contribution in [0.25, 0.3) is 10.9 Å². The van der Waals surface area contributed by atoms with Crippen LogP contribution in [-0.2, 0) is 4.79 Å². The zero-order valence-electron chi connectivity index (χ0n) is 20.0. The zero-order valence-corrected chi connectivity index (χ0v) is 21.6. The molecule has 1 saturated heterocycles. The Kier molecular flexibility index (Phi) is 9.37. The topological polar surface area (TPSA) is 95.8 Å². The van der Waals surface area contributed by atoms with Crippen LogP contribution < -0.4 is 4.74 Å². The highest BCUT2D eigenvalue weighted by Crippen LogP contribution is 2.35. The molecule has 0 bridgehead atoms. The second-order valence-electron chi connectivity index (χ2n) is 9.06. The first-order valence-corrected chi connectivity index (χ1v) is 14.0. The Hall–Kier alpha value is -2.20. The number of benzene rings is 1. The van der Waals surface area contributed by atoms with Crippen molar-refractivity contribution in [3.63, 3.8) is 0 Å². The lowest BCUT2D eigenvalue weighted by atomic mass is 9.79. The van der Waals surface area contributed by atoms with Crippen LogP contribution in [0, 0.1) is 11.8 Å². The molecule has 188 valence electrons. The molecule has 3 aromatic rings. The summed E-state index contributed by atoms with van der Waals surface area (Å²) >= 11 is 3.45. The van der Waals surface area contributed by atoms with Crippen molar-refractivity contribution < 1.29 is 19.7 Å². The molecule has 1 aliphatic rings. The summed E-state index contributed by atoms with van der Waals surface area (Å²) in [6.07, 6.45) is 6.41. The highest BCUT2D eigenvalue weighted by molar-refractivity contribution is 8.01. The number of hydrogen-bond acceptors (Lipinski definition) is 8. The molecule has 0 aliphatic carbocycles. The molecule has 3 atom stereocenters. The van der Waals surface area contributed by atoms with Crippen molar-refractivity contribution in [1.82, 2.24) is 14.9 Å². The third kappa shape index (κ3) is 7.16. The predicted molar refractivity (Wildman–Crippen MR) is 140 cm³/mol. The van der Waals surface area contributed by atoms with Gasteiger partial charge >= 0.3 is 5.97 Å². The quantitative estimate of drug-likeness (QED) is 0.321. The van der Waals surface area contributed by atoms with E-state index >= 15 is 0 Å². The van der Waals surface area contributed by atoms with E-state index in [0.717, 1.165) is 64.8 Å². The van der Waals surface area contributed by atoms with Crippen LogP contribution in [0.2, 0.25) is 0 Å². The van der Waals surface area contributed by atoms with Crippen LogP contribution >= 0.6 is 23.1 Å². The summed E-state index contributed by atoms with van der Waals surface area (Å²) in [6.45, 7) is 2.91. The molecule has 2 aromatic heterocycles. The number of ether oxygens (including phenoxy) is 1. The molecular weight excluding hydrogens is 482 g/mol. The van der Waals surface area contributed by atoms with Gasteiger partial charge in [0.25, 0.3) is 0 Å². The number of aliphatic carboxylic acids is 1. The molecule has 2 N–H and O–H groups in total. The molecule has 0 amide bonds. The number of thiazole rings is 1. The summed E-state index contributed by atoms with van der Waals surface area (Å²) in [4.78, 5) is 22.5. The number of thioether (sulfide) groups is 1. The van der Waals surface area contributed by atoms with Gasteiger partial charge in [-0.2, -0.15) is 0 Å². The number of pyridine rings is 1. The molecule has 0 saturated carbocycles. The predicted octanol–water partition coefficient (Wildman–Crippen LogP) is 5.11. The van der Waals surface area contributed by atoms with Gasteiger partial charge in [0.2, 0.25) is 0 Å². The van der Waals surface area contributed by atoms with Gasteiger partial charge in [0, 0.05) is 48.4 Å². The van der Waals surface area contributed by atoms with Crippen molar-refractivity contribution in [1.29, 1.82) is 0 Å². The zero-order chi connectivity index (χ0) is 24.6. The number of rotatable bonds is 12. The maximum Gasteiger partial charge on any atom is 0.303 e. The van der Waals surface area contributed by atoms with Crippen LogP contribution in [0.5, 0.6) is 5.75 Å². The number of hydrogen-bond donors (Lipinski definition) is 2. The summed E-state index contributed by atoms with van der Waals surface area (Å²) in [6, 6.07) is 7.60. The average molecular weight is 516 g/mol. The Balaban J connectivity index is 1.36. The van der Waals surface area contributed by atoms with Gasteiger partial charge in [0.05, 0.1) is 18.7 Å². The van der Waals surface area contributed by atoms with Gasteiger partial charge in [-0.3, -0.25) is 9.78 Å². The van der Waals surface area contributed by atoms with Crippen LogP contribution in [0.1, 0.15) is 43.8 Å². The Labute approximate surface area is 214 Å². The minimum absolute atomic E-state index is 0.195. The summed E-state index contributed by atoms with van der Waals surface area (Å²) in [5.74, 6) is 1.73. The molecule has 9 heteroatoms. The monoisotopic (exact) mass is 515 g/mol. The summed E-state index contributed by atoms with van der Waals surface area (Å²) in [7, 11) is 1.63. The van der Waals surface area contributed by atoms with Crippen molar-refractivity contribution in [2.24, 2.45) is 11.8 Å². The van der Waals surface area contributed by atoms with Gasteiger partial charge in [-0.1, -0.05) is 11.8 Å². The summed E-state index contributed by atoms with van der Waals surface area (Å²) in [5.41, 5.74) is 1.71. The molecule has 1 aliphatic heterocycles. The standard InChI is InChI=1S/C26H33N3O4S2/c1-33-20-4-5-23-22(16-20)21(8-10-27-23)24(30)6-2-18-9-12-29(17-19(18)3-7-25(31)32)13-15-35-26-28-11-14-34-26/h4-5,8,10-11,14,16,18-19,24,30H,2-3,6-7,9,12-13,15,17H2,1H3,(H,31,32)/t18-,19+,24?/m1/s1. The van der Waals surface area contributed by atoms with E-state index in [4.69, 9.17) is 4.74 Å². The number of aliphatic hydroxyl groups is 1. The van der Waals surface area contributed by atoms with E-state index in [1.165, 1.54) is 0 Å². The van der Waals surface area contributed by atoms with Crippen molar-refractivity contribution >= 4 is 40.0 Å². The number of aliphatic hydroxyl groups excluding tert-OH is 1. The number of fused-ring (bicyclic) bond motifs is 1. The van der Waals surface area contributed by atoms with E-state index in [0.29, 0.717) is 24.7 Å². The van der Waals surface area contributed by atoms with E-state index in [2.05, 4.69) is 14.9 Å². The van der Waals surface area contributed by atoms with E-state index in [1.807, 2.05) is 35.8 Å². The highest BCUT2D eigenvalue weighted by atomic mass is 32.2. The summed E-state index contributed by atoms with van der Waals surface area (Å²) in [5, 5.41) is 23.3. The molecule has 0 radical (unpaired) electrons. The van der Waals surface area contributed by atoms with Crippen LogP contribution in [0.3, 0.4) is 0 Å². The number of carbonyl (C=O) groups is 1. The minimum atomic E-state index is -0.738. The minimum Gasteiger partial charge on any atom is -0.497 e. The Morgan fingerprint density at radius 1 is 1.26 bits per heavy atom. The second kappa shape index (κ2) is 12.7. The maximum atomic E-state index is 11.3. The number of methoxy groups -OCH3 is 1. The number of aromatic nitrogens is 2. The van der Waals surface area contributed by atoms with Crippen molar-refractivity contribution in [2.75, 3.05) is 32.5 Å². The number of carboxylic acids is 1. The van der Waals surface area contributed by atoms with Gasteiger partial charge in [-0.25, -0.2) is 4.98 Å². The molecule has 35 heavy (non-hydrogen) atoms. The first kappa shape index (κ1) is 25.9. The van der Waals surface area contributed by atoms with Gasteiger partial charge in [-0.15, -0.1) is 11.3 Å². The smallest absolute Gasteiger partial charge is 0.303 e. The van der Waals surface area contributed by atoms with Crippen LogP contribution in [0.4, 0.5) is 0 Å². The Morgan fingerprint density at radius 3 is 2.91 bits per heavy atom. The third-order valence-electron chi connectivity index (χ3n) is 6.90. The van der Waals surface area contributed by atoms with Gasteiger partial charge in [0.1, 0.15) is 10.1 Å². The fraction of sp³-hybridized carbons (Fsp3) is 0.500. The maximum absolute atomic E-state index is 11.3. The fourth-order valence-electron chi connectivity index (χ4n) is 5.01. The molecule has 0 spiro atoms. The first-order chi connectivity index (χ1) is 17.0. The number of nitrogens with zero attached hydrogens (tertiary/aromatic N) is 3. The molecule has 7 nitrogen and oxygen atoms in total. The lowest BCUT2D eigenvalue weighted by Gasteiger charge is -2.39. The molecular formula is C26H33N3O4S2. The largest absolute Gasteiger partial charge is 0.497 e. The summed E-state index contributed by atoms with van der Waals surface area (Å²) < 4.78 is 6.46. The van der Waals surface area contributed by atoms with Crippen molar-refractivity contribution in [3.8, 4) is 5.75 Å². The first-order valence-electron chi connectivity index (χ1n) is 12.1. The fourth-order valence-corrected chi connectivity index (χ4v) is 6.72. The van der Waals surface area contributed by atoms with Crippen molar-refractivity contribution in [2.45, 2.75) is 42.5 Å². The second-order valence-corrected chi connectivity index (χ2v) is 11.3. The number of piperidine rings is 1. The lowest BCUT2D eigenvalue weighted by molar-refractivity contribution is -0.137. The Morgan fingerprint density at radius 2 is 2.14 bits per heavy atom.